The zero-order chi connectivity index (χ0) is 15.3. The molecule has 0 spiro atoms. The lowest BCUT2D eigenvalue weighted by Gasteiger charge is -2.04. The third-order valence-electron chi connectivity index (χ3n) is 1.91. The Morgan fingerprint density at radius 1 is 1.20 bits per heavy atom. The van der Waals surface area contributed by atoms with Gasteiger partial charge in [0.15, 0.2) is 0 Å². The highest BCUT2D eigenvalue weighted by atomic mass is 19.4. The standard InChI is InChI=1S/C10H10F3NO6/c1-17-8(15)6-7(9(16)18-2)20-5(14-6)3-19-4-10(11,12)13/h3-4H2,1-2H3. The van der Waals surface area contributed by atoms with Crippen molar-refractivity contribution >= 4 is 11.9 Å². The second-order valence-corrected chi connectivity index (χ2v) is 3.38. The number of methoxy groups -OCH3 is 2. The average molecular weight is 297 g/mol. The van der Waals surface area contributed by atoms with E-state index >= 15 is 0 Å². The molecule has 112 valence electrons. The van der Waals surface area contributed by atoms with Crippen molar-refractivity contribution in [1.29, 1.82) is 0 Å². The third-order valence-corrected chi connectivity index (χ3v) is 1.91. The van der Waals surface area contributed by atoms with E-state index in [2.05, 4.69) is 19.2 Å². The minimum absolute atomic E-state index is 0.380. The van der Waals surface area contributed by atoms with E-state index in [0.29, 0.717) is 0 Å². The number of hydrogen-bond donors (Lipinski definition) is 0. The van der Waals surface area contributed by atoms with Crippen LogP contribution in [0.5, 0.6) is 0 Å². The van der Waals surface area contributed by atoms with Crippen molar-refractivity contribution in [3.63, 3.8) is 0 Å². The summed E-state index contributed by atoms with van der Waals surface area (Å²) in [5.41, 5.74) is -0.495. The minimum Gasteiger partial charge on any atom is -0.464 e. The monoisotopic (exact) mass is 297 g/mol. The van der Waals surface area contributed by atoms with Crippen LogP contribution < -0.4 is 0 Å². The molecule has 0 aliphatic heterocycles. The number of aromatic nitrogens is 1. The Balaban J connectivity index is 2.86. The highest BCUT2D eigenvalue weighted by Crippen LogP contribution is 2.17. The van der Waals surface area contributed by atoms with Crippen LogP contribution in [0.2, 0.25) is 0 Å². The van der Waals surface area contributed by atoms with Gasteiger partial charge in [-0.2, -0.15) is 13.2 Å². The molecule has 0 aromatic carbocycles. The molecule has 0 amide bonds. The van der Waals surface area contributed by atoms with E-state index in [1.807, 2.05) is 0 Å². The van der Waals surface area contributed by atoms with E-state index in [0.717, 1.165) is 14.2 Å². The average Bonchev–Trinajstić information content (AvgIpc) is 2.79. The Labute approximate surface area is 110 Å². The zero-order valence-corrected chi connectivity index (χ0v) is 10.4. The van der Waals surface area contributed by atoms with E-state index in [1.54, 1.807) is 0 Å². The first-order valence-electron chi connectivity index (χ1n) is 5.09. The molecule has 0 atom stereocenters. The van der Waals surface area contributed by atoms with Crippen LogP contribution in [0.4, 0.5) is 13.2 Å². The number of oxazole rings is 1. The Hall–Kier alpha value is -2.10. The van der Waals surface area contributed by atoms with Crippen molar-refractivity contribution in [3.05, 3.63) is 17.3 Å². The van der Waals surface area contributed by atoms with Crippen molar-refractivity contribution in [2.75, 3.05) is 20.8 Å². The number of rotatable bonds is 5. The molecule has 0 N–H and O–H groups in total. The molecule has 0 unspecified atom stereocenters. The van der Waals surface area contributed by atoms with Gasteiger partial charge in [0.25, 0.3) is 0 Å². The molecule has 7 nitrogen and oxygen atoms in total. The summed E-state index contributed by atoms with van der Waals surface area (Å²) in [6.07, 6.45) is -4.51. The van der Waals surface area contributed by atoms with Gasteiger partial charge in [0, 0.05) is 0 Å². The van der Waals surface area contributed by atoms with Gasteiger partial charge < -0.3 is 18.6 Å². The number of alkyl halides is 3. The van der Waals surface area contributed by atoms with Gasteiger partial charge in [-0.15, -0.1) is 0 Å². The SMILES string of the molecule is COC(=O)c1nc(COCC(F)(F)F)oc1C(=O)OC. The van der Waals surface area contributed by atoms with Gasteiger partial charge in [-0.3, -0.25) is 0 Å². The first-order chi connectivity index (χ1) is 9.28. The molecule has 0 saturated carbocycles. The molecular formula is C10H10F3NO6. The Bertz CT molecular complexity index is 462. The van der Waals surface area contributed by atoms with Crippen molar-refractivity contribution < 1.29 is 41.4 Å². The van der Waals surface area contributed by atoms with E-state index < -0.39 is 42.8 Å². The van der Waals surface area contributed by atoms with Gasteiger partial charge in [-0.25, -0.2) is 14.6 Å². The van der Waals surface area contributed by atoms with Crippen LogP contribution in [0.15, 0.2) is 4.42 Å². The lowest BCUT2D eigenvalue weighted by Crippen LogP contribution is -2.16. The second kappa shape index (κ2) is 6.37. The number of carbonyl (C=O) groups is 2. The number of carbonyl (C=O) groups excluding carboxylic acids is 2. The first-order valence-corrected chi connectivity index (χ1v) is 5.09. The molecule has 0 radical (unpaired) electrons. The van der Waals surface area contributed by atoms with Gasteiger partial charge in [-0.05, 0) is 0 Å². The number of halogens is 3. The lowest BCUT2D eigenvalue weighted by molar-refractivity contribution is -0.177. The van der Waals surface area contributed by atoms with Crippen molar-refractivity contribution in [2.24, 2.45) is 0 Å². The molecule has 1 aromatic rings. The van der Waals surface area contributed by atoms with Gasteiger partial charge in [0.1, 0.15) is 13.2 Å². The van der Waals surface area contributed by atoms with Crippen molar-refractivity contribution in [3.8, 4) is 0 Å². The predicted molar refractivity (Wildman–Crippen MR) is 54.9 cm³/mol. The fourth-order valence-corrected chi connectivity index (χ4v) is 1.15. The summed E-state index contributed by atoms with van der Waals surface area (Å²) in [6.45, 7) is -2.18. The van der Waals surface area contributed by atoms with Crippen LogP contribution in [0.25, 0.3) is 0 Å². The molecule has 0 fully saturated rings. The van der Waals surface area contributed by atoms with Gasteiger partial charge in [-0.1, -0.05) is 0 Å². The van der Waals surface area contributed by atoms with Crippen molar-refractivity contribution in [2.45, 2.75) is 12.8 Å². The van der Waals surface area contributed by atoms with E-state index in [4.69, 9.17) is 4.42 Å². The van der Waals surface area contributed by atoms with Gasteiger partial charge in [0.2, 0.25) is 17.3 Å². The summed E-state index contributed by atoms with van der Waals surface area (Å²) in [6, 6.07) is 0. The first kappa shape index (κ1) is 16.0. The van der Waals surface area contributed by atoms with E-state index in [-0.39, 0.29) is 5.89 Å². The topological polar surface area (TPSA) is 87.9 Å². The minimum atomic E-state index is -4.51. The van der Waals surface area contributed by atoms with Crippen LogP contribution in [0.3, 0.4) is 0 Å². The summed E-state index contributed by atoms with van der Waals surface area (Å²) < 4.78 is 53.5. The number of esters is 2. The maximum Gasteiger partial charge on any atom is 0.411 e. The van der Waals surface area contributed by atoms with Gasteiger partial charge >= 0.3 is 18.1 Å². The highest BCUT2D eigenvalue weighted by molar-refractivity contribution is 5.99. The zero-order valence-electron chi connectivity index (χ0n) is 10.4. The summed E-state index contributed by atoms with van der Waals surface area (Å²) in [5, 5.41) is 0. The van der Waals surface area contributed by atoms with Crippen LogP contribution in [0, 0.1) is 0 Å². The molecule has 20 heavy (non-hydrogen) atoms. The smallest absolute Gasteiger partial charge is 0.411 e. The Morgan fingerprint density at radius 3 is 2.30 bits per heavy atom. The number of ether oxygens (including phenoxy) is 3. The Kier molecular flexibility index (Phi) is 5.08. The molecule has 0 bridgehead atoms. The van der Waals surface area contributed by atoms with Gasteiger partial charge in [0.05, 0.1) is 14.2 Å². The highest BCUT2D eigenvalue weighted by Gasteiger charge is 2.29. The molecule has 0 aliphatic rings. The summed E-state index contributed by atoms with van der Waals surface area (Å²) in [4.78, 5) is 26.2. The maximum atomic E-state index is 11.9. The molecular weight excluding hydrogens is 287 g/mol. The fourth-order valence-electron chi connectivity index (χ4n) is 1.15. The molecule has 0 aliphatic carbocycles. The number of hydrogen-bond acceptors (Lipinski definition) is 7. The van der Waals surface area contributed by atoms with Crippen LogP contribution in [0.1, 0.15) is 26.9 Å². The molecule has 0 saturated heterocycles. The molecule has 1 aromatic heterocycles. The largest absolute Gasteiger partial charge is 0.464 e. The predicted octanol–water partition coefficient (Wildman–Crippen LogP) is 1.33. The quantitative estimate of drug-likeness (QED) is 0.757. The molecule has 1 heterocycles. The number of nitrogens with zero attached hydrogens (tertiary/aromatic N) is 1. The molecule has 10 heteroatoms. The maximum absolute atomic E-state index is 11.9. The summed E-state index contributed by atoms with van der Waals surface area (Å²) in [7, 11) is 2.07. The second-order valence-electron chi connectivity index (χ2n) is 3.38. The normalized spacial score (nSPS) is 11.2. The summed E-state index contributed by atoms with van der Waals surface area (Å²) >= 11 is 0. The lowest BCUT2D eigenvalue weighted by atomic mass is 10.3. The summed E-state index contributed by atoms with van der Waals surface area (Å²) in [5.74, 6) is -2.95. The van der Waals surface area contributed by atoms with Crippen LogP contribution in [-0.2, 0) is 20.8 Å². The molecule has 1 rings (SSSR count). The van der Waals surface area contributed by atoms with Crippen LogP contribution >= 0.6 is 0 Å². The Morgan fingerprint density at radius 2 is 1.80 bits per heavy atom. The fraction of sp³-hybridized carbons (Fsp3) is 0.500. The van der Waals surface area contributed by atoms with Crippen molar-refractivity contribution in [1.82, 2.24) is 4.98 Å². The third kappa shape index (κ3) is 4.23. The van der Waals surface area contributed by atoms with E-state index in [1.165, 1.54) is 0 Å². The van der Waals surface area contributed by atoms with Crippen LogP contribution in [-0.4, -0.2) is 43.9 Å². The van der Waals surface area contributed by atoms with E-state index in [9.17, 15) is 22.8 Å².